The van der Waals surface area contributed by atoms with Crippen LogP contribution in [0.5, 0.6) is 0 Å². The third-order valence-corrected chi connectivity index (χ3v) is 6.21. The van der Waals surface area contributed by atoms with E-state index in [-0.39, 0.29) is 30.4 Å². The number of hydrogen-bond acceptors (Lipinski definition) is 3. The van der Waals surface area contributed by atoms with Gasteiger partial charge in [0, 0.05) is 19.1 Å². The average Bonchev–Trinajstić information content (AvgIpc) is 2.59. The Morgan fingerprint density at radius 1 is 1.26 bits per heavy atom. The summed E-state index contributed by atoms with van der Waals surface area (Å²) >= 11 is 0. The highest BCUT2D eigenvalue weighted by Gasteiger charge is 2.43. The second-order valence-corrected chi connectivity index (χ2v) is 8.64. The first kappa shape index (κ1) is 21.7. The molecule has 0 aliphatic carbocycles. The maximum absolute atomic E-state index is 12.7. The van der Waals surface area contributed by atoms with E-state index in [2.05, 4.69) is 11.6 Å². The van der Waals surface area contributed by atoms with E-state index in [1.807, 2.05) is 0 Å². The molecule has 9 heteroatoms. The fourth-order valence-corrected chi connectivity index (χ4v) is 4.47. The first-order valence-corrected chi connectivity index (χ1v) is 10.5. The number of benzene rings is 1. The second kappa shape index (κ2) is 8.60. The second-order valence-electron chi connectivity index (χ2n) is 6.92. The number of unbranched alkanes of at least 4 members (excludes halogenated alkanes) is 2. The number of rotatable bonds is 7. The zero-order valence-electron chi connectivity index (χ0n) is 15.5. The Morgan fingerprint density at radius 3 is 2.59 bits per heavy atom. The van der Waals surface area contributed by atoms with Crippen molar-refractivity contribution in [3.63, 3.8) is 0 Å². The van der Waals surface area contributed by atoms with Crippen LogP contribution in [0.15, 0.2) is 23.1 Å². The van der Waals surface area contributed by atoms with E-state index in [9.17, 15) is 26.4 Å². The number of fused-ring (bicyclic) bond motifs is 1. The number of alkyl halides is 3. The fraction of sp³-hybridized carbons (Fsp3) is 0.611. The summed E-state index contributed by atoms with van der Waals surface area (Å²) < 4.78 is 65.7. The Labute approximate surface area is 158 Å². The van der Waals surface area contributed by atoms with E-state index in [1.165, 1.54) is 12.1 Å². The van der Waals surface area contributed by atoms with Crippen LogP contribution in [0.4, 0.5) is 13.2 Å². The van der Waals surface area contributed by atoms with Crippen molar-refractivity contribution in [2.45, 2.75) is 69.6 Å². The standard InChI is InChI=1S/C18H25F3N2O3S/c1-3-4-5-6-13(2)22-27(25,26)16-8-7-14-9-10-23(12-15(14)11-16)17(24)18(19,20)21/h7-8,11,13,22H,3-6,9-10,12H2,1-2H3. The quantitative estimate of drug-likeness (QED) is 0.706. The average molecular weight is 406 g/mol. The van der Waals surface area contributed by atoms with Crippen molar-refractivity contribution in [3.8, 4) is 0 Å². The molecule has 0 saturated carbocycles. The lowest BCUT2D eigenvalue weighted by atomic mass is 10.00. The molecule has 1 aromatic rings. The van der Waals surface area contributed by atoms with E-state index < -0.39 is 22.1 Å². The molecule has 152 valence electrons. The Bertz CT molecular complexity index is 779. The molecular weight excluding hydrogens is 381 g/mol. The summed E-state index contributed by atoms with van der Waals surface area (Å²) in [6.45, 7) is 3.57. The number of carbonyl (C=O) groups excluding carboxylic acids is 1. The largest absolute Gasteiger partial charge is 0.471 e. The van der Waals surface area contributed by atoms with Crippen molar-refractivity contribution in [2.24, 2.45) is 0 Å². The molecule has 0 bridgehead atoms. The molecule has 1 atom stereocenters. The Hall–Kier alpha value is -1.61. The number of carbonyl (C=O) groups is 1. The van der Waals surface area contributed by atoms with Gasteiger partial charge in [-0.05, 0) is 43.0 Å². The fourth-order valence-electron chi connectivity index (χ4n) is 3.15. The van der Waals surface area contributed by atoms with Gasteiger partial charge in [-0.1, -0.05) is 32.3 Å². The van der Waals surface area contributed by atoms with E-state index in [0.29, 0.717) is 16.9 Å². The van der Waals surface area contributed by atoms with Crippen LogP contribution in [-0.2, 0) is 27.8 Å². The first-order chi connectivity index (χ1) is 12.5. The summed E-state index contributed by atoms with van der Waals surface area (Å²) in [5.74, 6) is -1.90. The topological polar surface area (TPSA) is 66.5 Å². The molecule has 27 heavy (non-hydrogen) atoms. The maximum atomic E-state index is 12.7. The molecule has 5 nitrogen and oxygen atoms in total. The molecular formula is C18H25F3N2O3S. The van der Waals surface area contributed by atoms with Crippen LogP contribution in [0.1, 0.15) is 50.7 Å². The summed E-state index contributed by atoms with van der Waals surface area (Å²) in [6.07, 6.45) is -0.981. The predicted molar refractivity (Wildman–Crippen MR) is 95.5 cm³/mol. The Balaban J connectivity index is 2.14. The molecule has 0 fully saturated rings. The van der Waals surface area contributed by atoms with Crippen LogP contribution in [0.25, 0.3) is 0 Å². The zero-order chi connectivity index (χ0) is 20.2. The molecule has 1 aliphatic heterocycles. The van der Waals surface area contributed by atoms with E-state index in [4.69, 9.17) is 0 Å². The summed E-state index contributed by atoms with van der Waals surface area (Å²) in [7, 11) is -3.77. The smallest absolute Gasteiger partial charge is 0.330 e. The summed E-state index contributed by atoms with van der Waals surface area (Å²) in [4.78, 5) is 12.2. The van der Waals surface area contributed by atoms with Gasteiger partial charge in [0.05, 0.1) is 4.90 Å². The van der Waals surface area contributed by atoms with Gasteiger partial charge in [-0.15, -0.1) is 0 Å². The van der Waals surface area contributed by atoms with Crippen molar-refractivity contribution in [3.05, 3.63) is 29.3 Å². The number of halogens is 3. The van der Waals surface area contributed by atoms with E-state index >= 15 is 0 Å². The van der Waals surface area contributed by atoms with Crippen molar-refractivity contribution < 1.29 is 26.4 Å². The lowest BCUT2D eigenvalue weighted by Crippen LogP contribution is -2.43. The van der Waals surface area contributed by atoms with Crippen LogP contribution in [0.2, 0.25) is 0 Å². The third-order valence-electron chi connectivity index (χ3n) is 4.63. The molecule has 2 rings (SSSR count). The van der Waals surface area contributed by atoms with Crippen LogP contribution < -0.4 is 4.72 Å². The van der Waals surface area contributed by atoms with Gasteiger partial charge in [0.2, 0.25) is 10.0 Å². The normalized spacial score (nSPS) is 16.1. The van der Waals surface area contributed by atoms with Gasteiger partial charge in [0.25, 0.3) is 0 Å². The molecule has 0 spiro atoms. The van der Waals surface area contributed by atoms with Crippen molar-refractivity contribution in [2.75, 3.05) is 6.54 Å². The van der Waals surface area contributed by atoms with Gasteiger partial charge in [-0.2, -0.15) is 13.2 Å². The van der Waals surface area contributed by atoms with Crippen LogP contribution in [-0.4, -0.2) is 38.0 Å². The number of sulfonamides is 1. The van der Waals surface area contributed by atoms with Crippen molar-refractivity contribution >= 4 is 15.9 Å². The molecule has 1 N–H and O–H groups in total. The first-order valence-electron chi connectivity index (χ1n) is 9.05. The number of amides is 1. The minimum Gasteiger partial charge on any atom is -0.330 e. The van der Waals surface area contributed by atoms with Gasteiger partial charge in [-0.3, -0.25) is 4.79 Å². The minimum atomic E-state index is -4.93. The van der Waals surface area contributed by atoms with Crippen LogP contribution in [0, 0.1) is 0 Å². The van der Waals surface area contributed by atoms with Crippen molar-refractivity contribution in [1.29, 1.82) is 0 Å². The zero-order valence-corrected chi connectivity index (χ0v) is 16.3. The SMILES string of the molecule is CCCCCC(C)NS(=O)(=O)c1ccc2c(c1)CN(C(=O)C(F)(F)F)CC2. The molecule has 1 unspecified atom stereocenters. The monoisotopic (exact) mass is 406 g/mol. The van der Waals surface area contributed by atoms with Gasteiger partial charge in [0.1, 0.15) is 0 Å². The highest BCUT2D eigenvalue weighted by atomic mass is 32.2. The molecule has 1 amide bonds. The van der Waals surface area contributed by atoms with Crippen LogP contribution >= 0.6 is 0 Å². The lowest BCUT2D eigenvalue weighted by molar-refractivity contribution is -0.186. The Morgan fingerprint density at radius 2 is 1.96 bits per heavy atom. The lowest BCUT2D eigenvalue weighted by Gasteiger charge is -2.29. The highest BCUT2D eigenvalue weighted by Crippen LogP contribution is 2.26. The van der Waals surface area contributed by atoms with Gasteiger partial charge >= 0.3 is 12.1 Å². The number of nitrogens with one attached hydrogen (secondary N) is 1. The summed E-state index contributed by atoms with van der Waals surface area (Å²) in [5, 5.41) is 0. The summed E-state index contributed by atoms with van der Waals surface area (Å²) in [6, 6.07) is 4.20. The minimum absolute atomic E-state index is 0.00454. The van der Waals surface area contributed by atoms with Crippen molar-refractivity contribution in [1.82, 2.24) is 9.62 Å². The molecule has 0 saturated heterocycles. The van der Waals surface area contributed by atoms with E-state index in [1.54, 1.807) is 13.0 Å². The third kappa shape index (κ3) is 5.68. The van der Waals surface area contributed by atoms with Gasteiger partial charge in [-0.25, -0.2) is 13.1 Å². The Kier molecular flexibility index (Phi) is 6.91. The summed E-state index contributed by atoms with van der Waals surface area (Å²) in [5.41, 5.74) is 1.19. The number of hydrogen-bond donors (Lipinski definition) is 1. The molecule has 1 aromatic carbocycles. The maximum Gasteiger partial charge on any atom is 0.471 e. The molecule has 1 aliphatic rings. The molecule has 0 radical (unpaired) electrons. The van der Waals surface area contributed by atoms with Crippen LogP contribution in [0.3, 0.4) is 0 Å². The highest BCUT2D eigenvalue weighted by molar-refractivity contribution is 7.89. The number of nitrogens with zero attached hydrogens (tertiary/aromatic N) is 1. The molecule has 0 aromatic heterocycles. The van der Waals surface area contributed by atoms with E-state index in [0.717, 1.165) is 24.8 Å². The van der Waals surface area contributed by atoms with Gasteiger partial charge in [0.15, 0.2) is 0 Å². The predicted octanol–water partition coefficient (Wildman–Crippen LogP) is 3.38. The molecule has 1 heterocycles. The van der Waals surface area contributed by atoms with Gasteiger partial charge < -0.3 is 4.90 Å².